The Morgan fingerprint density at radius 3 is 2.68 bits per heavy atom. The van der Waals surface area contributed by atoms with E-state index >= 15 is 0 Å². The summed E-state index contributed by atoms with van der Waals surface area (Å²) in [5.74, 6) is 1.84. The van der Waals surface area contributed by atoms with Crippen LogP contribution in [0.1, 0.15) is 35.2 Å². The molecule has 8 nitrogen and oxygen atoms in total. The third-order valence-electron chi connectivity index (χ3n) is 5.11. The minimum Gasteiger partial charge on any atom is -0.485 e. The molecule has 9 heteroatoms. The molecule has 1 aromatic heterocycles. The van der Waals surface area contributed by atoms with Gasteiger partial charge in [-0.3, -0.25) is 9.59 Å². The first-order chi connectivity index (χ1) is 15.2. The lowest BCUT2D eigenvalue weighted by Crippen LogP contribution is -2.23. The van der Waals surface area contributed by atoms with Crippen molar-refractivity contribution >= 4 is 29.1 Å². The van der Waals surface area contributed by atoms with Gasteiger partial charge in [0.2, 0.25) is 12.0 Å². The Labute approximate surface area is 182 Å². The van der Waals surface area contributed by atoms with E-state index in [2.05, 4.69) is 10.2 Å². The van der Waals surface area contributed by atoms with E-state index in [-0.39, 0.29) is 24.1 Å². The first-order valence-corrected chi connectivity index (χ1v) is 10.9. The Morgan fingerprint density at radius 1 is 1.10 bits per heavy atom. The normalized spacial score (nSPS) is 17.7. The number of carbonyl (C=O) groups excluding carboxylic acids is 2. The van der Waals surface area contributed by atoms with Crippen molar-refractivity contribution in [2.45, 2.75) is 24.2 Å². The summed E-state index contributed by atoms with van der Waals surface area (Å²) in [6, 6.07) is 14.5. The van der Waals surface area contributed by atoms with Gasteiger partial charge in [0.15, 0.2) is 17.3 Å². The Bertz CT molecular complexity index is 1110. The Hall–Kier alpha value is -3.33. The maximum atomic E-state index is 12.5. The topological polar surface area (TPSA) is 94.8 Å². The summed E-state index contributed by atoms with van der Waals surface area (Å²) in [7, 11) is 0. The van der Waals surface area contributed by atoms with Crippen molar-refractivity contribution in [2.75, 3.05) is 23.8 Å². The summed E-state index contributed by atoms with van der Waals surface area (Å²) < 4.78 is 17.2. The molecule has 2 aliphatic rings. The second-order valence-electron chi connectivity index (χ2n) is 7.18. The number of benzene rings is 2. The van der Waals surface area contributed by atoms with Crippen molar-refractivity contribution < 1.29 is 23.5 Å². The molecule has 1 amide bonds. The van der Waals surface area contributed by atoms with Gasteiger partial charge in [-0.2, -0.15) is 0 Å². The summed E-state index contributed by atoms with van der Waals surface area (Å²) in [5, 5.41) is 8.33. The van der Waals surface area contributed by atoms with Gasteiger partial charge < -0.3 is 18.8 Å². The Balaban J connectivity index is 1.18. The van der Waals surface area contributed by atoms with E-state index in [4.69, 9.17) is 13.9 Å². The summed E-state index contributed by atoms with van der Waals surface area (Å²) >= 11 is 1.17. The SMILES string of the molecule is O=C(CSc1nnc(C2COc3ccccc3O2)o1)c1ccc(N2CCCC2=O)cc1. The zero-order chi connectivity index (χ0) is 21.2. The molecule has 31 heavy (non-hydrogen) atoms. The molecule has 1 fully saturated rings. The molecule has 2 aliphatic heterocycles. The first-order valence-electron chi connectivity index (χ1n) is 9.96. The highest BCUT2D eigenvalue weighted by molar-refractivity contribution is 7.99. The van der Waals surface area contributed by atoms with Gasteiger partial charge in [-0.1, -0.05) is 23.9 Å². The predicted molar refractivity (Wildman–Crippen MR) is 113 cm³/mol. The standard InChI is InChI=1S/C22H19N3O5S/c26-16(14-7-9-15(10-8-14)25-11-3-6-20(25)27)13-31-22-24-23-21(30-22)19-12-28-17-4-1-2-5-18(17)29-19/h1-2,4-5,7-10,19H,3,6,11-13H2. The van der Waals surface area contributed by atoms with Crippen molar-refractivity contribution in [2.24, 2.45) is 0 Å². The molecule has 0 N–H and O–H groups in total. The van der Waals surface area contributed by atoms with E-state index in [1.54, 1.807) is 17.0 Å². The van der Waals surface area contributed by atoms with Crippen molar-refractivity contribution in [3.8, 4) is 11.5 Å². The number of nitrogens with zero attached hydrogens (tertiary/aromatic N) is 3. The largest absolute Gasteiger partial charge is 0.485 e. The van der Waals surface area contributed by atoms with Crippen molar-refractivity contribution in [3.05, 3.63) is 60.0 Å². The highest BCUT2D eigenvalue weighted by Crippen LogP contribution is 2.36. The van der Waals surface area contributed by atoms with E-state index in [1.807, 2.05) is 36.4 Å². The van der Waals surface area contributed by atoms with Gasteiger partial charge in [0, 0.05) is 24.2 Å². The lowest BCUT2D eigenvalue weighted by Gasteiger charge is -2.23. The van der Waals surface area contributed by atoms with Gasteiger partial charge in [0.05, 0.1) is 5.75 Å². The highest BCUT2D eigenvalue weighted by Gasteiger charge is 2.27. The first kappa shape index (κ1) is 19.6. The van der Waals surface area contributed by atoms with Crippen LogP contribution in [0, 0.1) is 0 Å². The van der Waals surface area contributed by atoms with E-state index < -0.39 is 6.10 Å². The van der Waals surface area contributed by atoms with Crippen LogP contribution in [0.4, 0.5) is 5.69 Å². The third-order valence-corrected chi connectivity index (χ3v) is 5.93. The fraction of sp³-hybridized carbons (Fsp3) is 0.273. The Kier molecular flexibility index (Phi) is 5.33. The van der Waals surface area contributed by atoms with Gasteiger partial charge in [-0.05, 0) is 42.8 Å². The number of hydrogen-bond acceptors (Lipinski definition) is 8. The van der Waals surface area contributed by atoms with Crippen LogP contribution in [0.3, 0.4) is 0 Å². The lowest BCUT2D eigenvalue weighted by atomic mass is 10.1. The molecule has 1 atom stereocenters. The molecular weight excluding hydrogens is 418 g/mol. The molecular formula is C22H19N3O5S. The fourth-order valence-corrected chi connectivity index (χ4v) is 4.17. The number of ether oxygens (including phenoxy) is 2. The van der Waals surface area contributed by atoms with Crippen LogP contribution >= 0.6 is 11.8 Å². The van der Waals surface area contributed by atoms with E-state index in [0.717, 1.165) is 18.7 Å². The summed E-state index contributed by atoms with van der Waals surface area (Å²) in [4.78, 5) is 26.1. The number of aromatic nitrogens is 2. The molecule has 2 aromatic carbocycles. The summed E-state index contributed by atoms with van der Waals surface area (Å²) in [5.41, 5.74) is 1.40. The van der Waals surface area contributed by atoms with Crippen molar-refractivity contribution in [3.63, 3.8) is 0 Å². The van der Waals surface area contributed by atoms with Crippen LogP contribution < -0.4 is 14.4 Å². The van der Waals surface area contributed by atoms with Crippen LogP contribution in [-0.4, -0.2) is 40.8 Å². The quantitative estimate of drug-likeness (QED) is 0.426. The molecule has 0 aliphatic carbocycles. The monoisotopic (exact) mass is 437 g/mol. The number of Topliss-reactive ketones (excluding diaryl/α,β-unsaturated/α-hetero) is 1. The maximum absolute atomic E-state index is 12.5. The average molecular weight is 437 g/mol. The number of hydrogen-bond donors (Lipinski definition) is 0. The number of anilines is 1. The van der Waals surface area contributed by atoms with Crippen LogP contribution in [-0.2, 0) is 4.79 Å². The third kappa shape index (κ3) is 4.13. The van der Waals surface area contributed by atoms with Gasteiger partial charge in [0.25, 0.3) is 11.1 Å². The molecule has 3 heterocycles. The molecule has 0 spiro atoms. The number of carbonyl (C=O) groups is 2. The molecule has 0 bridgehead atoms. The fourth-order valence-electron chi connectivity index (χ4n) is 3.51. The van der Waals surface area contributed by atoms with Gasteiger partial charge >= 0.3 is 0 Å². The van der Waals surface area contributed by atoms with Crippen molar-refractivity contribution in [1.29, 1.82) is 0 Å². The van der Waals surface area contributed by atoms with E-state index in [9.17, 15) is 9.59 Å². The molecule has 3 aromatic rings. The minimum atomic E-state index is -0.492. The summed E-state index contributed by atoms with van der Waals surface area (Å²) in [6.07, 6.45) is 0.953. The number of ketones is 1. The number of fused-ring (bicyclic) bond motifs is 1. The molecule has 1 saturated heterocycles. The highest BCUT2D eigenvalue weighted by atomic mass is 32.2. The van der Waals surface area contributed by atoms with E-state index in [0.29, 0.717) is 34.6 Å². The number of rotatable bonds is 6. The number of amides is 1. The molecule has 1 unspecified atom stereocenters. The second-order valence-corrected chi connectivity index (χ2v) is 8.10. The second kappa shape index (κ2) is 8.43. The van der Waals surface area contributed by atoms with Crippen LogP contribution in [0.15, 0.2) is 58.2 Å². The van der Waals surface area contributed by atoms with E-state index in [1.165, 1.54) is 11.8 Å². The van der Waals surface area contributed by atoms with Gasteiger partial charge in [-0.15, -0.1) is 10.2 Å². The van der Waals surface area contributed by atoms with Gasteiger partial charge in [0.1, 0.15) is 6.61 Å². The minimum absolute atomic E-state index is 0.0600. The predicted octanol–water partition coefficient (Wildman–Crippen LogP) is 3.68. The zero-order valence-corrected chi connectivity index (χ0v) is 17.3. The smallest absolute Gasteiger partial charge is 0.277 e. The summed E-state index contributed by atoms with van der Waals surface area (Å²) in [6.45, 7) is 0.997. The molecule has 0 saturated carbocycles. The average Bonchev–Trinajstić information content (AvgIpc) is 3.46. The van der Waals surface area contributed by atoms with Crippen molar-refractivity contribution in [1.82, 2.24) is 10.2 Å². The maximum Gasteiger partial charge on any atom is 0.277 e. The Morgan fingerprint density at radius 2 is 1.90 bits per heavy atom. The van der Waals surface area contributed by atoms with Crippen LogP contribution in [0.2, 0.25) is 0 Å². The lowest BCUT2D eigenvalue weighted by molar-refractivity contribution is -0.117. The van der Waals surface area contributed by atoms with Crippen LogP contribution in [0.5, 0.6) is 11.5 Å². The van der Waals surface area contributed by atoms with Crippen LogP contribution in [0.25, 0.3) is 0 Å². The van der Waals surface area contributed by atoms with Gasteiger partial charge in [-0.25, -0.2) is 0 Å². The number of para-hydroxylation sites is 2. The zero-order valence-electron chi connectivity index (χ0n) is 16.5. The molecule has 0 radical (unpaired) electrons. The number of thioether (sulfide) groups is 1. The molecule has 5 rings (SSSR count). The molecule has 158 valence electrons.